The molecule has 1 unspecified atom stereocenters. The molecule has 0 fully saturated rings. The summed E-state index contributed by atoms with van der Waals surface area (Å²) in [6.45, 7) is 9.05. The Morgan fingerprint density at radius 3 is 2.22 bits per heavy atom. The number of thioether (sulfide) groups is 1. The van der Waals surface area contributed by atoms with Gasteiger partial charge in [-0.15, -0.1) is 0 Å². The summed E-state index contributed by atoms with van der Waals surface area (Å²) in [4.78, 5) is 21.3. The van der Waals surface area contributed by atoms with Gasteiger partial charge >= 0.3 is 12.9 Å². The van der Waals surface area contributed by atoms with E-state index in [0.717, 1.165) is 22.9 Å². The average Bonchev–Trinajstić information content (AvgIpc) is 3.22. The van der Waals surface area contributed by atoms with Crippen molar-refractivity contribution in [3.8, 4) is 17.0 Å². The van der Waals surface area contributed by atoms with Crippen molar-refractivity contribution in [2.24, 2.45) is 0 Å². The largest absolute Gasteiger partial charge is 0.418 e. The Hall–Kier alpha value is -2.97. The summed E-state index contributed by atoms with van der Waals surface area (Å²) in [5, 5.41) is -0.647. The van der Waals surface area contributed by atoms with Gasteiger partial charge in [0.1, 0.15) is 5.75 Å². The fraction of sp³-hybridized carbons (Fsp3) is 0.296. The quantitative estimate of drug-likeness (QED) is 0.158. The van der Waals surface area contributed by atoms with E-state index >= 15 is 0 Å². The van der Waals surface area contributed by atoms with Gasteiger partial charge in [0.25, 0.3) is 0 Å². The smallest absolute Gasteiger partial charge is 0.374 e. The first-order valence-electron chi connectivity index (χ1n) is 12.0. The second-order valence-corrected chi connectivity index (χ2v) is 12.4. The van der Waals surface area contributed by atoms with Crippen molar-refractivity contribution in [3.05, 3.63) is 84.3 Å². The lowest BCUT2D eigenvalue weighted by Gasteiger charge is -2.29. The van der Waals surface area contributed by atoms with Crippen LogP contribution in [0.25, 0.3) is 17.0 Å². The van der Waals surface area contributed by atoms with Crippen molar-refractivity contribution >= 4 is 30.4 Å². The highest BCUT2D eigenvalue weighted by molar-refractivity contribution is 8.17. The van der Waals surface area contributed by atoms with Gasteiger partial charge in [0.15, 0.2) is 4.99 Å². The molecular formula is C27H30N3O5PS. The van der Waals surface area contributed by atoms with Gasteiger partial charge in [-0.3, -0.25) is 8.97 Å². The molecule has 0 saturated heterocycles. The molecule has 4 aromatic rings. The van der Waals surface area contributed by atoms with E-state index in [-0.39, 0.29) is 0 Å². The van der Waals surface area contributed by atoms with Crippen molar-refractivity contribution in [2.45, 2.75) is 51.8 Å². The second-order valence-electron chi connectivity index (χ2n) is 8.98. The maximum atomic E-state index is 14.6. The minimum atomic E-state index is -3.98. The molecule has 0 aliphatic heterocycles. The number of imidazole rings is 1. The Morgan fingerprint density at radius 1 is 0.946 bits per heavy atom. The van der Waals surface area contributed by atoms with Crippen LogP contribution in [0.2, 0.25) is 0 Å². The summed E-state index contributed by atoms with van der Waals surface area (Å²) in [6.07, 6.45) is 2.53. The van der Waals surface area contributed by atoms with E-state index in [2.05, 4.69) is 4.98 Å². The Morgan fingerprint density at radius 2 is 1.59 bits per heavy atom. The molecule has 0 amide bonds. The number of fused-ring (bicyclic) bond motifs is 1. The summed E-state index contributed by atoms with van der Waals surface area (Å²) < 4.78 is 33.9. The molecule has 0 spiro atoms. The van der Waals surface area contributed by atoms with Crippen LogP contribution in [0.4, 0.5) is 4.79 Å². The molecule has 4 rings (SSSR count). The normalized spacial score (nSPS) is 12.8. The second kappa shape index (κ2) is 11.6. The van der Waals surface area contributed by atoms with Gasteiger partial charge < -0.3 is 13.8 Å². The Balaban J connectivity index is 1.88. The van der Waals surface area contributed by atoms with Gasteiger partial charge in [0.05, 0.1) is 23.6 Å². The SMILES string of the molecule is Cc1ccc(OC(=O)SC(c2c(-c3ccccc3)nc3ncccn23)P(=O)(OC(C)C)OC(C)C)cc1. The molecule has 1 atom stereocenters. The van der Waals surface area contributed by atoms with Gasteiger partial charge in [-0.05, 0) is 64.6 Å². The van der Waals surface area contributed by atoms with E-state index in [4.69, 9.17) is 18.8 Å². The minimum Gasteiger partial charge on any atom is -0.418 e. The molecular weight excluding hydrogens is 509 g/mol. The van der Waals surface area contributed by atoms with E-state index in [9.17, 15) is 9.36 Å². The zero-order valence-corrected chi connectivity index (χ0v) is 23.1. The summed E-state index contributed by atoms with van der Waals surface area (Å²) in [5.41, 5.74) is 2.82. The molecule has 10 heteroatoms. The molecule has 2 aromatic heterocycles. The van der Waals surface area contributed by atoms with E-state index in [1.54, 1.807) is 62.7 Å². The van der Waals surface area contributed by atoms with Gasteiger partial charge in [0, 0.05) is 18.0 Å². The molecule has 194 valence electrons. The summed E-state index contributed by atoms with van der Waals surface area (Å²) in [6, 6.07) is 18.3. The highest BCUT2D eigenvalue weighted by atomic mass is 32.2. The molecule has 37 heavy (non-hydrogen) atoms. The molecule has 0 aliphatic carbocycles. The predicted molar refractivity (Wildman–Crippen MR) is 146 cm³/mol. The van der Waals surface area contributed by atoms with E-state index < -0.39 is 30.1 Å². The van der Waals surface area contributed by atoms with Gasteiger partial charge in [-0.25, -0.2) is 14.8 Å². The lowest BCUT2D eigenvalue weighted by atomic mass is 10.1. The minimum absolute atomic E-state index is 0.384. The van der Waals surface area contributed by atoms with Crippen LogP contribution in [-0.2, 0) is 13.6 Å². The number of carbonyl (C=O) groups excluding carboxylic acids is 1. The monoisotopic (exact) mass is 539 g/mol. The van der Waals surface area contributed by atoms with Crippen molar-refractivity contribution in [3.63, 3.8) is 0 Å². The van der Waals surface area contributed by atoms with Gasteiger partial charge in [-0.2, -0.15) is 0 Å². The predicted octanol–water partition coefficient (Wildman–Crippen LogP) is 7.68. The topological polar surface area (TPSA) is 92.0 Å². The molecule has 2 heterocycles. The first-order valence-corrected chi connectivity index (χ1v) is 14.5. The summed E-state index contributed by atoms with van der Waals surface area (Å²) in [5.74, 6) is 0.781. The van der Waals surface area contributed by atoms with Crippen molar-refractivity contribution in [2.75, 3.05) is 0 Å². The van der Waals surface area contributed by atoms with Crippen LogP contribution in [0.15, 0.2) is 73.1 Å². The summed E-state index contributed by atoms with van der Waals surface area (Å²) in [7, 11) is -3.98. The van der Waals surface area contributed by atoms with Crippen LogP contribution in [0.3, 0.4) is 0 Å². The van der Waals surface area contributed by atoms with E-state index in [1.807, 2.05) is 49.4 Å². The fourth-order valence-electron chi connectivity index (χ4n) is 3.76. The van der Waals surface area contributed by atoms with E-state index in [1.165, 1.54) is 0 Å². The average molecular weight is 540 g/mol. The number of nitrogens with zero attached hydrogens (tertiary/aromatic N) is 3. The number of rotatable bonds is 9. The van der Waals surface area contributed by atoms with Crippen LogP contribution in [0.5, 0.6) is 5.75 Å². The van der Waals surface area contributed by atoms with Crippen LogP contribution >= 0.6 is 19.4 Å². The maximum Gasteiger partial charge on any atom is 0.374 e. The molecule has 0 saturated carbocycles. The van der Waals surface area contributed by atoms with Crippen LogP contribution < -0.4 is 4.74 Å². The number of ether oxygens (including phenoxy) is 1. The molecule has 0 N–H and O–H groups in total. The molecule has 0 bridgehead atoms. The Bertz CT molecular complexity index is 1390. The third-order valence-corrected chi connectivity index (χ3v) is 9.22. The number of aryl methyl sites for hydroxylation is 1. The van der Waals surface area contributed by atoms with Crippen LogP contribution in [0, 0.1) is 6.92 Å². The molecule has 0 radical (unpaired) electrons. The fourth-order valence-corrected chi connectivity index (χ4v) is 7.49. The molecule has 2 aromatic carbocycles. The number of aromatic nitrogens is 3. The van der Waals surface area contributed by atoms with Gasteiger partial charge in [-0.1, -0.05) is 48.0 Å². The zero-order valence-electron chi connectivity index (χ0n) is 21.4. The number of hydrogen-bond acceptors (Lipinski definition) is 8. The van der Waals surface area contributed by atoms with Gasteiger partial charge in [0.2, 0.25) is 5.78 Å². The van der Waals surface area contributed by atoms with Crippen molar-refractivity contribution in [1.82, 2.24) is 14.4 Å². The summed E-state index contributed by atoms with van der Waals surface area (Å²) >= 11 is 0.753. The molecule has 0 aliphatic rings. The standard InChI is InChI=1S/C27H30N3O5PS/c1-18(2)34-36(32,35-19(3)4)25(37-27(31)33-22-14-12-20(5)13-15-22)24-23(21-10-7-6-8-11-21)29-26-28-16-9-17-30(24)26/h6-19,25H,1-5H3. The van der Waals surface area contributed by atoms with Crippen LogP contribution in [-0.4, -0.2) is 31.9 Å². The van der Waals surface area contributed by atoms with Crippen molar-refractivity contribution < 1.29 is 23.1 Å². The zero-order chi connectivity index (χ0) is 26.6. The first kappa shape index (κ1) is 27.1. The van der Waals surface area contributed by atoms with E-state index in [0.29, 0.717) is 22.9 Å². The van der Waals surface area contributed by atoms with Crippen molar-refractivity contribution in [1.29, 1.82) is 0 Å². The lowest BCUT2D eigenvalue weighted by Crippen LogP contribution is -2.16. The third-order valence-electron chi connectivity index (χ3n) is 5.15. The Kier molecular flexibility index (Phi) is 8.49. The number of carbonyl (C=O) groups is 1. The first-order chi connectivity index (χ1) is 17.7. The highest BCUT2D eigenvalue weighted by Crippen LogP contribution is 2.68. The highest BCUT2D eigenvalue weighted by Gasteiger charge is 2.45. The Labute approximate surface area is 220 Å². The lowest BCUT2D eigenvalue weighted by molar-refractivity contribution is 0.141. The number of hydrogen-bond donors (Lipinski definition) is 0. The molecule has 8 nitrogen and oxygen atoms in total. The maximum absolute atomic E-state index is 14.6. The third kappa shape index (κ3) is 6.48. The number of benzene rings is 2. The van der Waals surface area contributed by atoms with Crippen LogP contribution in [0.1, 0.15) is 43.9 Å².